The summed E-state index contributed by atoms with van der Waals surface area (Å²) in [5, 5.41) is 2.83. The lowest BCUT2D eigenvalue weighted by Gasteiger charge is -2.35. The van der Waals surface area contributed by atoms with Gasteiger partial charge in [-0.15, -0.1) is 11.3 Å². The lowest BCUT2D eigenvalue weighted by molar-refractivity contribution is -0.124. The zero-order valence-electron chi connectivity index (χ0n) is 25.1. The fraction of sp³-hybridized carbons (Fsp3) is 0.710. The van der Waals surface area contributed by atoms with Crippen molar-refractivity contribution < 1.29 is 33.3 Å². The Morgan fingerprint density at radius 3 is 2.59 bits per heavy atom. The number of anilines is 1. The van der Waals surface area contributed by atoms with Crippen LogP contribution in [-0.2, 0) is 23.7 Å². The minimum Gasteiger partial charge on any atom is -0.465 e. The summed E-state index contributed by atoms with van der Waals surface area (Å²) in [6.45, 7) is 11.5. The van der Waals surface area contributed by atoms with Gasteiger partial charge in [-0.05, 0) is 78.2 Å². The summed E-state index contributed by atoms with van der Waals surface area (Å²) < 4.78 is 21.8. The second-order valence-electron chi connectivity index (χ2n) is 12.5. The molecule has 1 saturated carbocycles. The molecule has 2 saturated heterocycles. The molecular weight excluding hydrogens is 544 g/mol. The molecule has 4 rings (SSSR count). The number of hydrogen-bond acceptors (Lipinski definition) is 8. The van der Waals surface area contributed by atoms with E-state index in [-0.39, 0.29) is 41.6 Å². The topological polar surface area (TPSA) is 103 Å². The van der Waals surface area contributed by atoms with Crippen molar-refractivity contribution in [3.8, 4) is 11.8 Å². The third kappa shape index (κ3) is 8.02. The number of esters is 1. The predicted molar refractivity (Wildman–Crippen MR) is 157 cm³/mol. The van der Waals surface area contributed by atoms with Crippen LogP contribution in [0.1, 0.15) is 87.7 Å². The number of thiophene rings is 1. The number of ether oxygens (including phenoxy) is 4. The molecule has 1 aromatic rings. The molecular formula is C31H44N2O7S. The molecule has 0 radical (unpaired) electrons. The number of hydrogen-bond donors (Lipinski definition) is 1. The first-order valence-corrected chi connectivity index (χ1v) is 15.5. The SMILES string of the molecule is COC(=O)c1sc(C#CC(C)(C)C)cc1N(C(=O)C1CCC(C)CC1)[C@@H](C)CCNC(=O)O[C@H]1CO[C@H]2OCC[C@H]21. The summed E-state index contributed by atoms with van der Waals surface area (Å²) in [5.74, 6) is 6.45. The van der Waals surface area contributed by atoms with Gasteiger partial charge in [0.1, 0.15) is 11.0 Å². The quantitative estimate of drug-likeness (QED) is 0.322. The van der Waals surface area contributed by atoms with E-state index in [1.54, 1.807) is 4.90 Å². The van der Waals surface area contributed by atoms with Gasteiger partial charge in [0, 0.05) is 23.9 Å². The van der Waals surface area contributed by atoms with Crippen molar-refractivity contribution >= 4 is 35.0 Å². The molecule has 3 fully saturated rings. The standard InChI is InChI=1S/C31H44N2O7S/c1-19-7-9-21(10-8-19)27(34)33(24-17-22(11-14-31(3,4)5)41-26(24)28(35)37-6)20(2)12-15-32-30(36)40-25-18-39-29-23(25)13-16-38-29/h17,19-21,23,25,29H,7-10,12-13,15-16,18H2,1-6H3,(H,32,36)/t19?,20-,21?,23-,25-,29+/m0/s1. The Hall–Kier alpha value is -2.61. The lowest BCUT2D eigenvalue weighted by atomic mass is 9.82. The fourth-order valence-corrected chi connectivity index (χ4v) is 6.55. The average Bonchev–Trinajstić information content (AvgIpc) is 3.65. The van der Waals surface area contributed by atoms with E-state index < -0.39 is 12.1 Å². The molecule has 226 valence electrons. The number of methoxy groups -OCH3 is 1. The summed E-state index contributed by atoms with van der Waals surface area (Å²) in [5.41, 5.74) is 0.308. The van der Waals surface area contributed by atoms with Gasteiger partial charge in [-0.1, -0.05) is 18.8 Å². The Morgan fingerprint density at radius 1 is 1.17 bits per heavy atom. The fourth-order valence-electron chi connectivity index (χ4n) is 5.63. The Bertz CT molecular complexity index is 1160. The van der Waals surface area contributed by atoms with E-state index in [4.69, 9.17) is 18.9 Å². The van der Waals surface area contributed by atoms with Gasteiger partial charge in [0.15, 0.2) is 6.29 Å². The summed E-state index contributed by atoms with van der Waals surface area (Å²) in [6, 6.07) is 1.53. The van der Waals surface area contributed by atoms with Gasteiger partial charge in [0.25, 0.3) is 0 Å². The molecule has 0 spiro atoms. The lowest BCUT2D eigenvalue weighted by Crippen LogP contribution is -2.45. The van der Waals surface area contributed by atoms with Crippen LogP contribution in [0.3, 0.4) is 0 Å². The van der Waals surface area contributed by atoms with Gasteiger partial charge in [-0.25, -0.2) is 9.59 Å². The van der Waals surface area contributed by atoms with Gasteiger partial charge < -0.3 is 29.2 Å². The summed E-state index contributed by atoms with van der Waals surface area (Å²) >= 11 is 1.24. The summed E-state index contributed by atoms with van der Waals surface area (Å²) in [7, 11) is 1.34. The zero-order chi connectivity index (χ0) is 29.7. The third-order valence-corrected chi connectivity index (χ3v) is 9.04. The Labute approximate surface area is 247 Å². The van der Waals surface area contributed by atoms with E-state index >= 15 is 0 Å². The Kier molecular flexibility index (Phi) is 10.4. The van der Waals surface area contributed by atoms with Gasteiger partial charge >= 0.3 is 12.1 Å². The van der Waals surface area contributed by atoms with Crippen LogP contribution < -0.4 is 10.2 Å². The van der Waals surface area contributed by atoms with Crippen LogP contribution in [0.2, 0.25) is 0 Å². The monoisotopic (exact) mass is 588 g/mol. The highest BCUT2D eigenvalue weighted by Gasteiger charge is 2.44. The van der Waals surface area contributed by atoms with E-state index in [0.29, 0.717) is 47.5 Å². The van der Waals surface area contributed by atoms with E-state index in [9.17, 15) is 14.4 Å². The normalized spacial score (nSPS) is 26.3. The number of nitrogens with zero attached hydrogens (tertiary/aromatic N) is 1. The van der Waals surface area contributed by atoms with Crippen molar-refractivity contribution in [1.29, 1.82) is 0 Å². The molecule has 10 heteroatoms. The Balaban J connectivity index is 1.50. The van der Waals surface area contributed by atoms with Crippen LogP contribution >= 0.6 is 11.3 Å². The molecule has 2 aliphatic heterocycles. The van der Waals surface area contributed by atoms with Crippen LogP contribution in [-0.4, -0.2) is 63.3 Å². The van der Waals surface area contributed by atoms with Crippen LogP contribution in [0.4, 0.5) is 10.5 Å². The first kappa shape index (κ1) is 31.3. The maximum atomic E-state index is 14.1. The summed E-state index contributed by atoms with van der Waals surface area (Å²) in [4.78, 5) is 42.3. The second-order valence-corrected chi connectivity index (χ2v) is 13.6. The van der Waals surface area contributed by atoms with Gasteiger partial charge in [-0.3, -0.25) is 4.79 Å². The Morgan fingerprint density at radius 2 is 1.90 bits per heavy atom. The maximum Gasteiger partial charge on any atom is 0.407 e. The first-order chi connectivity index (χ1) is 19.5. The molecule has 3 aliphatic rings. The molecule has 3 heterocycles. The first-order valence-electron chi connectivity index (χ1n) is 14.7. The van der Waals surface area contributed by atoms with Crippen molar-refractivity contribution in [2.45, 2.75) is 91.6 Å². The molecule has 0 bridgehead atoms. The smallest absolute Gasteiger partial charge is 0.407 e. The second kappa shape index (κ2) is 13.6. The molecule has 4 atom stereocenters. The van der Waals surface area contributed by atoms with Crippen LogP contribution in [0.5, 0.6) is 0 Å². The van der Waals surface area contributed by atoms with Crippen molar-refractivity contribution in [3.05, 3.63) is 15.8 Å². The van der Waals surface area contributed by atoms with Gasteiger partial charge in [0.05, 0.1) is 36.8 Å². The largest absolute Gasteiger partial charge is 0.465 e. The highest BCUT2D eigenvalue weighted by Crippen LogP contribution is 2.37. The molecule has 2 amide bonds. The van der Waals surface area contributed by atoms with Crippen molar-refractivity contribution in [3.63, 3.8) is 0 Å². The van der Waals surface area contributed by atoms with Crippen molar-refractivity contribution in [2.75, 3.05) is 31.8 Å². The van der Waals surface area contributed by atoms with Crippen LogP contribution in [0, 0.1) is 35.0 Å². The van der Waals surface area contributed by atoms with E-state index in [0.717, 1.165) is 32.1 Å². The molecule has 9 nitrogen and oxygen atoms in total. The van der Waals surface area contributed by atoms with Gasteiger partial charge in [0.2, 0.25) is 5.91 Å². The molecule has 1 aliphatic carbocycles. The molecule has 0 unspecified atom stereocenters. The van der Waals surface area contributed by atoms with E-state index in [1.165, 1.54) is 18.4 Å². The number of alkyl carbamates (subject to hydrolysis) is 1. The van der Waals surface area contributed by atoms with Crippen molar-refractivity contribution in [1.82, 2.24) is 5.32 Å². The zero-order valence-corrected chi connectivity index (χ0v) is 25.9. The van der Waals surface area contributed by atoms with E-state index in [1.807, 2.05) is 33.8 Å². The number of rotatable bonds is 8. The highest BCUT2D eigenvalue weighted by atomic mass is 32.1. The maximum absolute atomic E-state index is 14.1. The third-order valence-electron chi connectivity index (χ3n) is 8.02. The minimum absolute atomic E-state index is 0.000592. The van der Waals surface area contributed by atoms with Crippen LogP contribution in [0.25, 0.3) is 0 Å². The highest BCUT2D eigenvalue weighted by molar-refractivity contribution is 7.15. The number of amides is 2. The van der Waals surface area contributed by atoms with Crippen molar-refractivity contribution in [2.24, 2.45) is 23.2 Å². The number of nitrogens with one attached hydrogen (secondary N) is 1. The molecule has 1 N–H and O–H groups in total. The number of fused-ring (bicyclic) bond motifs is 1. The number of carbonyl (C=O) groups excluding carboxylic acids is 3. The summed E-state index contributed by atoms with van der Waals surface area (Å²) in [6.07, 6.45) is 3.79. The molecule has 0 aromatic carbocycles. The molecule has 1 aromatic heterocycles. The van der Waals surface area contributed by atoms with Gasteiger partial charge in [-0.2, -0.15) is 0 Å². The van der Waals surface area contributed by atoms with E-state index in [2.05, 4.69) is 24.1 Å². The average molecular weight is 589 g/mol. The number of carbonyl (C=O) groups is 3. The molecule has 41 heavy (non-hydrogen) atoms. The minimum atomic E-state index is -0.511. The predicted octanol–water partition coefficient (Wildman–Crippen LogP) is 5.36. The van der Waals surface area contributed by atoms with Crippen LogP contribution in [0.15, 0.2) is 6.07 Å².